The van der Waals surface area contributed by atoms with E-state index >= 15 is 0 Å². The Labute approximate surface area is 82.7 Å². The molecule has 0 spiro atoms. The molecule has 3 nitrogen and oxygen atoms in total. The first-order chi connectivity index (χ1) is 6.29. The summed E-state index contributed by atoms with van der Waals surface area (Å²) >= 11 is 0. The van der Waals surface area contributed by atoms with Crippen LogP contribution in [0.15, 0.2) is 0 Å². The molecule has 1 fully saturated rings. The van der Waals surface area contributed by atoms with Gasteiger partial charge in [-0.3, -0.25) is 0 Å². The minimum atomic E-state index is -0.881. The third kappa shape index (κ3) is 3.04. The Bertz CT molecular complexity index is 175. The van der Waals surface area contributed by atoms with Gasteiger partial charge in [-0.2, -0.15) is 0 Å². The van der Waals surface area contributed by atoms with E-state index in [-0.39, 0.29) is 12.6 Å². The summed E-state index contributed by atoms with van der Waals surface area (Å²) in [6.45, 7) is 2.95. The van der Waals surface area contributed by atoms with Crippen molar-refractivity contribution in [2.24, 2.45) is 0 Å². The summed E-state index contributed by atoms with van der Waals surface area (Å²) in [5.41, 5.74) is 0. The van der Waals surface area contributed by atoms with E-state index in [4.69, 9.17) is 5.11 Å². The lowest BCUT2D eigenvalue weighted by Crippen LogP contribution is -2.39. The zero-order valence-electron chi connectivity index (χ0n) is 8.24. The molecular formula is C9H19NO2S. The largest absolute Gasteiger partial charge is 0.395 e. The molecule has 4 heteroatoms. The molecule has 1 heterocycles. The van der Waals surface area contributed by atoms with Gasteiger partial charge >= 0.3 is 0 Å². The molecular weight excluding hydrogens is 186 g/mol. The summed E-state index contributed by atoms with van der Waals surface area (Å²) in [5.74, 6) is 0.663. The maximum Gasteiger partial charge on any atom is 0.0943 e. The van der Waals surface area contributed by atoms with Crippen LogP contribution in [0.5, 0.6) is 0 Å². The Hall–Kier alpha value is 0.0700. The molecule has 1 N–H and O–H groups in total. The van der Waals surface area contributed by atoms with Crippen LogP contribution < -0.4 is 0 Å². The van der Waals surface area contributed by atoms with E-state index in [0.29, 0.717) is 5.75 Å². The average Bonchev–Trinajstić information content (AvgIpc) is 2.41. The van der Waals surface area contributed by atoms with E-state index in [1.165, 1.54) is 6.42 Å². The van der Waals surface area contributed by atoms with Crippen molar-refractivity contribution in [1.29, 1.82) is 0 Å². The molecule has 0 aromatic rings. The summed E-state index contributed by atoms with van der Waals surface area (Å²) < 4.78 is 13.6. The monoisotopic (exact) mass is 205 g/mol. The quantitative estimate of drug-likeness (QED) is 0.744. The highest BCUT2D eigenvalue weighted by Crippen LogP contribution is 2.17. The minimum Gasteiger partial charge on any atom is -0.395 e. The highest BCUT2D eigenvalue weighted by atomic mass is 32.2. The predicted octanol–water partition coefficient (Wildman–Crippen LogP) is 0.907. The Morgan fingerprint density at radius 2 is 2.23 bits per heavy atom. The van der Waals surface area contributed by atoms with E-state index in [1.807, 2.05) is 11.2 Å². The Balaban J connectivity index is 2.58. The van der Waals surface area contributed by atoms with Crippen LogP contribution in [0.25, 0.3) is 0 Å². The molecule has 1 saturated heterocycles. The Morgan fingerprint density at radius 1 is 1.46 bits per heavy atom. The molecule has 1 rings (SSSR count). The summed E-state index contributed by atoms with van der Waals surface area (Å²) in [5, 5.41) is 9.15. The number of hydrogen-bond donors (Lipinski definition) is 1. The first-order valence-corrected chi connectivity index (χ1v) is 6.33. The van der Waals surface area contributed by atoms with Gasteiger partial charge in [0.25, 0.3) is 0 Å². The molecule has 1 aliphatic rings. The van der Waals surface area contributed by atoms with E-state index in [9.17, 15) is 4.21 Å². The smallest absolute Gasteiger partial charge is 0.0943 e. The van der Waals surface area contributed by atoms with E-state index in [0.717, 1.165) is 25.8 Å². The maximum absolute atomic E-state index is 11.6. The van der Waals surface area contributed by atoms with E-state index in [2.05, 4.69) is 0 Å². The van der Waals surface area contributed by atoms with Crippen LogP contribution in [0, 0.1) is 0 Å². The summed E-state index contributed by atoms with van der Waals surface area (Å²) in [6, 6.07) is 0.128. The molecule has 78 valence electrons. The zero-order valence-corrected chi connectivity index (χ0v) is 9.05. The lowest BCUT2D eigenvalue weighted by atomic mass is 10.1. The molecule has 2 atom stereocenters. The third-order valence-electron chi connectivity index (χ3n) is 2.54. The fraction of sp³-hybridized carbons (Fsp3) is 1.00. The van der Waals surface area contributed by atoms with Gasteiger partial charge in [-0.25, -0.2) is 8.51 Å². The van der Waals surface area contributed by atoms with E-state index in [1.54, 1.807) is 0 Å². The first-order valence-electron chi connectivity index (χ1n) is 5.05. The normalized spacial score (nSPS) is 28.3. The minimum absolute atomic E-state index is 0.128. The van der Waals surface area contributed by atoms with Crippen LogP contribution >= 0.6 is 0 Å². The second-order valence-corrected chi connectivity index (χ2v) is 5.13. The van der Waals surface area contributed by atoms with Crippen LogP contribution in [0.1, 0.15) is 32.6 Å². The standard InChI is InChI=1S/C9H19NO2S/c1-2-13(12)10-7-5-3-4-6-9(10)8-11/h9,11H,2-8H2,1H3. The predicted molar refractivity (Wildman–Crippen MR) is 54.7 cm³/mol. The van der Waals surface area contributed by atoms with Crippen molar-refractivity contribution in [2.75, 3.05) is 18.9 Å². The number of nitrogens with zero attached hydrogens (tertiary/aromatic N) is 1. The Morgan fingerprint density at radius 3 is 2.85 bits per heavy atom. The molecule has 0 radical (unpaired) electrons. The topological polar surface area (TPSA) is 40.5 Å². The van der Waals surface area contributed by atoms with E-state index < -0.39 is 11.0 Å². The molecule has 0 amide bonds. The lowest BCUT2D eigenvalue weighted by molar-refractivity contribution is 0.191. The number of aliphatic hydroxyl groups is 1. The molecule has 0 saturated carbocycles. The van der Waals surface area contributed by atoms with Crippen molar-refractivity contribution in [3.63, 3.8) is 0 Å². The van der Waals surface area contributed by atoms with Crippen LogP contribution in [-0.4, -0.2) is 38.6 Å². The highest BCUT2D eigenvalue weighted by Gasteiger charge is 2.23. The number of hydrogen-bond acceptors (Lipinski definition) is 2. The van der Waals surface area contributed by atoms with Gasteiger partial charge in [-0.1, -0.05) is 19.8 Å². The number of aliphatic hydroxyl groups excluding tert-OH is 1. The van der Waals surface area contributed by atoms with Crippen LogP contribution in [0.3, 0.4) is 0 Å². The lowest BCUT2D eigenvalue weighted by Gasteiger charge is -2.26. The average molecular weight is 205 g/mol. The van der Waals surface area contributed by atoms with Crippen molar-refractivity contribution in [2.45, 2.75) is 38.6 Å². The van der Waals surface area contributed by atoms with Crippen molar-refractivity contribution in [3.05, 3.63) is 0 Å². The molecule has 13 heavy (non-hydrogen) atoms. The van der Waals surface area contributed by atoms with Crippen molar-refractivity contribution < 1.29 is 9.32 Å². The van der Waals surface area contributed by atoms with Crippen molar-refractivity contribution >= 4 is 11.0 Å². The molecule has 0 aliphatic carbocycles. The maximum atomic E-state index is 11.6. The molecule has 1 aliphatic heterocycles. The Kier molecular flexibility index (Phi) is 4.91. The van der Waals surface area contributed by atoms with Crippen LogP contribution in [-0.2, 0) is 11.0 Å². The fourth-order valence-corrected chi connectivity index (χ4v) is 2.94. The van der Waals surface area contributed by atoms with Crippen LogP contribution in [0.2, 0.25) is 0 Å². The second-order valence-electron chi connectivity index (χ2n) is 3.44. The molecule has 2 unspecified atom stereocenters. The van der Waals surface area contributed by atoms with Gasteiger partial charge in [0.1, 0.15) is 0 Å². The van der Waals surface area contributed by atoms with Gasteiger partial charge in [0.05, 0.1) is 17.6 Å². The van der Waals surface area contributed by atoms with Gasteiger partial charge in [0.2, 0.25) is 0 Å². The SMILES string of the molecule is CCS(=O)N1CCCCCC1CO. The third-order valence-corrected chi connectivity index (χ3v) is 4.04. The first kappa shape index (κ1) is 11.1. The van der Waals surface area contributed by atoms with Crippen molar-refractivity contribution in [3.8, 4) is 0 Å². The zero-order chi connectivity index (χ0) is 9.68. The fourth-order valence-electron chi connectivity index (χ4n) is 1.77. The van der Waals surface area contributed by atoms with Gasteiger partial charge in [0, 0.05) is 18.3 Å². The van der Waals surface area contributed by atoms with Gasteiger partial charge in [-0.05, 0) is 12.8 Å². The summed E-state index contributed by atoms with van der Waals surface area (Å²) in [6.07, 6.45) is 4.46. The van der Waals surface area contributed by atoms with Crippen molar-refractivity contribution in [1.82, 2.24) is 4.31 Å². The summed E-state index contributed by atoms with van der Waals surface area (Å²) in [7, 11) is -0.881. The van der Waals surface area contributed by atoms with Crippen LogP contribution in [0.4, 0.5) is 0 Å². The highest BCUT2D eigenvalue weighted by molar-refractivity contribution is 7.82. The molecule has 0 aromatic heterocycles. The molecule has 0 aromatic carbocycles. The molecule has 0 bridgehead atoms. The number of rotatable bonds is 3. The van der Waals surface area contributed by atoms with Gasteiger partial charge in [0.15, 0.2) is 0 Å². The summed E-state index contributed by atoms with van der Waals surface area (Å²) in [4.78, 5) is 0. The van der Waals surface area contributed by atoms with Gasteiger partial charge in [-0.15, -0.1) is 0 Å². The van der Waals surface area contributed by atoms with Gasteiger partial charge < -0.3 is 5.11 Å². The second kappa shape index (κ2) is 5.73.